The van der Waals surface area contributed by atoms with Crippen molar-refractivity contribution in [3.8, 4) is 5.75 Å². The zero-order valence-electron chi connectivity index (χ0n) is 22.9. The number of rotatable bonds is 10. The second-order valence-corrected chi connectivity index (χ2v) is 11.5. The average Bonchev–Trinajstić information content (AvgIpc) is 3.54. The third kappa shape index (κ3) is 6.54. The van der Waals surface area contributed by atoms with E-state index in [2.05, 4.69) is 14.5 Å². The van der Waals surface area contributed by atoms with Gasteiger partial charge in [0.05, 0.1) is 54.1 Å². The summed E-state index contributed by atoms with van der Waals surface area (Å²) in [6.45, 7) is 4.42. The van der Waals surface area contributed by atoms with Gasteiger partial charge in [-0.05, 0) is 74.7 Å². The van der Waals surface area contributed by atoms with Gasteiger partial charge in [-0.2, -0.15) is 0 Å². The van der Waals surface area contributed by atoms with Crippen LogP contribution in [0.4, 0.5) is 0 Å². The Morgan fingerprint density at radius 1 is 1.12 bits per heavy atom. The van der Waals surface area contributed by atoms with Crippen molar-refractivity contribution in [3.05, 3.63) is 75.7 Å². The first-order chi connectivity index (χ1) is 19.9. The Morgan fingerprint density at radius 2 is 1.95 bits per heavy atom. The van der Waals surface area contributed by atoms with E-state index in [0.717, 1.165) is 81.1 Å². The predicted molar refractivity (Wildman–Crippen MR) is 154 cm³/mol. The molecule has 2 aliphatic heterocycles. The number of aromatic nitrogens is 3. The highest BCUT2D eigenvalue weighted by molar-refractivity contribution is 6.35. The van der Waals surface area contributed by atoms with Crippen LogP contribution in [0.15, 0.2) is 47.0 Å². The molecule has 2 aliphatic rings. The van der Waals surface area contributed by atoms with Crippen LogP contribution in [0.2, 0.25) is 10.0 Å². The number of methoxy groups -OCH3 is 1. The first kappa shape index (κ1) is 28.0. The van der Waals surface area contributed by atoms with E-state index in [1.54, 1.807) is 30.5 Å². The Bertz CT molecular complexity index is 1520. The summed E-state index contributed by atoms with van der Waals surface area (Å²) in [5.41, 5.74) is 2.35. The van der Waals surface area contributed by atoms with E-state index < -0.39 is 0 Å². The Morgan fingerprint density at radius 3 is 2.68 bits per heavy atom. The van der Waals surface area contributed by atoms with Crippen LogP contribution in [0.5, 0.6) is 5.75 Å². The number of nitrogens with zero attached hydrogens (tertiary/aromatic N) is 4. The minimum Gasteiger partial charge on any atom is -0.482 e. The molecule has 2 aromatic heterocycles. The Labute approximate surface area is 248 Å². The summed E-state index contributed by atoms with van der Waals surface area (Å²) >= 11 is 12.1. The van der Waals surface area contributed by atoms with Crippen molar-refractivity contribution in [1.82, 2.24) is 19.4 Å². The summed E-state index contributed by atoms with van der Waals surface area (Å²) in [6.07, 6.45) is 5.97. The summed E-state index contributed by atoms with van der Waals surface area (Å²) in [6, 6.07) is 10.7. The molecule has 4 aromatic rings. The lowest BCUT2D eigenvalue weighted by atomic mass is 9.93. The molecule has 0 saturated carbocycles. The first-order valence-electron chi connectivity index (χ1n) is 13.9. The number of piperidine rings is 1. The normalized spacial score (nSPS) is 18.0. The number of imidazole rings is 1. The monoisotopic (exact) mass is 598 g/mol. The molecule has 0 radical (unpaired) electrons. The van der Waals surface area contributed by atoms with Crippen molar-refractivity contribution in [2.75, 3.05) is 26.8 Å². The third-order valence-electron chi connectivity index (χ3n) is 7.84. The number of carbonyl (C=O) groups excluding carboxylic acids is 1. The number of oxazole rings is 1. The quantitative estimate of drug-likeness (QED) is 0.207. The van der Waals surface area contributed by atoms with E-state index in [1.165, 1.54) is 7.11 Å². The van der Waals surface area contributed by atoms with Crippen molar-refractivity contribution < 1.29 is 23.4 Å². The lowest BCUT2D eigenvalue weighted by Crippen LogP contribution is -2.36. The summed E-state index contributed by atoms with van der Waals surface area (Å²) in [5, 5.41) is 1.01. The van der Waals surface area contributed by atoms with E-state index in [4.69, 9.17) is 46.8 Å². The lowest BCUT2D eigenvalue weighted by molar-refractivity contribution is -0.0592. The maximum atomic E-state index is 12.1. The fourth-order valence-electron chi connectivity index (χ4n) is 5.45. The van der Waals surface area contributed by atoms with Gasteiger partial charge in [0, 0.05) is 18.1 Å². The van der Waals surface area contributed by atoms with Crippen LogP contribution < -0.4 is 4.74 Å². The minimum absolute atomic E-state index is 0.180. The first-order valence-corrected chi connectivity index (χ1v) is 14.6. The molecule has 1 atom stereocenters. The molecule has 0 aliphatic carbocycles. The lowest BCUT2D eigenvalue weighted by Gasteiger charge is -2.32. The maximum Gasteiger partial charge on any atom is 0.337 e. The van der Waals surface area contributed by atoms with Crippen LogP contribution in [0.25, 0.3) is 11.0 Å². The van der Waals surface area contributed by atoms with Crippen LogP contribution >= 0.6 is 23.2 Å². The summed E-state index contributed by atoms with van der Waals surface area (Å²) < 4.78 is 24.6. The molecular weight excluding hydrogens is 567 g/mol. The van der Waals surface area contributed by atoms with E-state index in [0.29, 0.717) is 33.2 Å². The number of benzene rings is 2. The van der Waals surface area contributed by atoms with Crippen LogP contribution in [0.1, 0.15) is 47.1 Å². The number of hydrogen-bond acceptors (Lipinski definition) is 8. The van der Waals surface area contributed by atoms with Crippen LogP contribution in [0.3, 0.4) is 0 Å². The summed E-state index contributed by atoms with van der Waals surface area (Å²) in [7, 11) is 1.40. The second kappa shape index (κ2) is 12.4. The molecule has 2 aromatic carbocycles. The van der Waals surface area contributed by atoms with Gasteiger partial charge in [-0.1, -0.05) is 23.2 Å². The smallest absolute Gasteiger partial charge is 0.337 e. The van der Waals surface area contributed by atoms with Crippen molar-refractivity contribution >= 4 is 40.2 Å². The van der Waals surface area contributed by atoms with Gasteiger partial charge in [-0.15, -0.1) is 0 Å². The van der Waals surface area contributed by atoms with Crippen LogP contribution in [-0.4, -0.2) is 58.3 Å². The molecule has 0 bridgehead atoms. The maximum absolute atomic E-state index is 12.1. The number of hydrogen-bond donors (Lipinski definition) is 0. The second-order valence-electron chi connectivity index (χ2n) is 10.6. The number of esters is 1. The predicted octanol–water partition coefficient (Wildman–Crippen LogP) is 5.94. The third-order valence-corrected chi connectivity index (χ3v) is 8.37. The molecule has 2 saturated heterocycles. The summed E-state index contributed by atoms with van der Waals surface area (Å²) in [4.78, 5) is 23.9. The largest absolute Gasteiger partial charge is 0.482 e. The highest BCUT2D eigenvalue weighted by Gasteiger charge is 2.26. The van der Waals surface area contributed by atoms with E-state index >= 15 is 0 Å². The number of carbonyl (C=O) groups is 1. The van der Waals surface area contributed by atoms with Gasteiger partial charge in [-0.3, -0.25) is 4.90 Å². The molecule has 4 heterocycles. The van der Waals surface area contributed by atoms with Gasteiger partial charge in [0.1, 0.15) is 17.3 Å². The van der Waals surface area contributed by atoms with Crippen molar-refractivity contribution in [1.29, 1.82) is 0 Å². The fraction of sp³-hybridized carbons (Fsp3) is 0.433. The molecule has 11 heteroatoms. The molecule has 216 valence electrons. The average molecular weight is 600 g/mol. The molecule has 0 unspecified atom stereocenters. The van der Waals surface area contributed by atoms with Crippen molar-refractivity contribution in [2.24, 2.45) is 5.92 Å². The number of fused-ring (bicyclic) bond motifs is 1. The molecular formula is C30H32Cl2N4O5. The van der Waals surface area contributed by atoms with Gasteiger partial charge in [0.2, 0.25) is 5.89 Å². The van der Waals surface area contributed by atoms with Crippen molar-refractivity contribution in [2.45, 2.75) is 51.5 Å². The van der Waals surface area contributed by atoms with Gasteiger partial charge >= 0.3 is 5.97 Å². The minimum atomic E-state index is -0.347. The van der Waals surface area contributed by atoms with Gasteiger partial charge in [0.25, 0.3) is 0 Å². The summed E-state index contributed by atoms with van der Waals surface area (Å²) in [5.74, 6) is 3.10. The molecule has 0 amide bonds. The number of likely N-dealkylation sites (tertiary alicyclic amines) is 1. The van der Waals surface area contributed by atoms with Crippen molar-refractivity contribution in [3.63, 3.8) is 0 Å². The molecule has 6 rings (SSSR count). The van der Waals surface area contributed by atoms with Gasteiger partial charge < -0.3 is 23.2 Å². The van der Waals surface area contributed by atoms with E-state index in [-0.39, 0.29) is 18.7 Å². The standard InChI is InChI=1S/C30H32Cl2N4O5/c1-38-30(37)20-2-4-25-26(13-20)36(16-22-8-11-39-22)28(34-25)17-35-9-6-19(7-10-35)12-23-15-33-29(41-23)18-40-27-5-3-21(31)14-24(27)32/h2-5,13-15,19,22H,6-12,16-18H2,1H3/t22-/m0/s1. The Kier molecular flexibility index (Phi) is 8.48. The number of ether oxygens (including phenoxy) is 3. The fourth-order valence-corrected chi connectivity index (χ4v) is 5.91. The SMILES string of the molecule is COC(=O)c1ccc2nc(CN3CCC(Cc4cnc(COc5ccc(Cl)cc5Cl)o4)CC3)n(C[C@@H]3CCO3)c2c1. The highest BCUT2D eigenvalue weighted by Crippen LogP contribution is 2.29. The van der Waals surface area contributed by atoms with Crippen LogP contribution in [-0.2, 0) is 35.6 Å². The molecule has 0 spiro atoms. The Balaban J connectivity index is 1.05. The zero-order valence-corrected chi connectivity index (χ0v) is 24.4. The molecule has 9 nitrogen and oxygen atoms in total. The zero-order chi connectivity index (χ0) is 28.3. The van der Waals surface area contributed by atoms with Gasteiger partial charge in [0.15, 0.2) is 6.61 Å². The molecule has 41 heavy (non-hydrogen) atoms. The van der Waals surface area contributed by atoms with E-state index in [1.807, 2.05) is 12.1 Å². The van der Waals surface area contributed by atoms with E-state index in [9.17, 15) is 4.79 Å². The number of halogens is 2. The highest BCUT2D eigenvalue weighted by atomic mass is 35.5. The molecule has 2 fully saturated rings. The topological polar surface area (TPSA) is 91.9 Å². The van der Waals surface area contributed by atoms with Gasteiger partial charge in [-0.25, -0.2) is 14.8 Å². The molecule has 0 N–H and O–H groups in total. The van der Waals surface area contributed by atoms with Crippen LogP contribution in [0, 0.1) is 5.92 Å². The Hall–Kier alpha value is -3.11.